The van der Waals surface area contributed by atoms with E-state index in [0.717, 1.165) is 30.9 Å². The van der Waals surface area contributed by atoms with Gasteiger partial charge in [-0.3, -0.25) is 9.58 Å². The van der Waals surface area contributed by atoms with Crippen molar-refractivity contribution in [3.63, 3.8) is 0 Å². The first-order valence-electron chi connectivity index (χ1n) is 7.71. The first-order chi connectivity index (χ1) is 9.22. The molecule has 1 aromatic rings. The number of aromatic nitrogens is 2. The zero-order chi connectivity index (χ0) is 13.2. The molecule has 0 radical (unpaired) electrons. The third-order valence-corrected chi connectivity index (χ3v) is 4.37. The zero-order valence-electron chi connectivity index (χ0n) is 12.2. The first-order valence-corrected chi connectivity index (χ1v) is 7.71. The molecule has 1 aromatic heterocycles. The van der Waals surface area contributed by atoms with Gasteiger partial charge in [0, 0.05) is 37.4 Å². The van der Waals surface area contributed by atoms with Gasteiger partial charge in [0.1, 0.15) is 0 Å². The van der Waals surface area contributed by atoms with Crippen LogP contribution < -0.4 is 5.32 Å². The summed E-state index contributed by atoms with van der Waals surface area (Å²) in [5, 5.41) is 8.21. The topological polar surface area (TPSA) is 33.1 Å². The molecule has 1 atom stereocenters. The van der Waals surface area contributed by atoms with E-state index < -0.39 is 0 Å². The van der Waals surface area contributed by atoms with Crippen molar-refractivity contribution in [1.29, 1.82) is 0 Å². The van der Waals surface area contributed by atoms with Crippen LogP contribution in [0, 0.1) is 13.8 Å². The molecule has 2 aliphatic rings. The van der Waals surface area contributed by atoms with Crippen molar-refractivity contribution in [3.05, 3.63) is 17.5 Å². The van der Waals surface area contributed by atoms with E-state index in [4.69, 9.17) is 0 Å². The third-order valence-electron chi connectivity index (χ3n) is 4.37. The van der Waals surface area contributed by atoms with Crippen molar-refractivity contribution in [2.75, 3.05) is 19.6 Å². The molecule has 1 aliphatic heterocycles. The molecule has 1 saturated carbocycles. The number of nitrogens with one attached hydrogen (secondary N) is 1. The van der Waals surface area contributed by atoms with Crippen LogP contribution in [0.1, 0.15) is 37.1 Å². The fraction of sp³-hybridized carbons (Fsp3) is 0.800. The lowest BCUT2D eigenvalue weighted by molar-refractivity contribution is 0.317. The maximum absolute atomic E-state index is 4.50. The van der Waals surface area contributed by atoms with E-state index in [9.17, 15) is 0 Å². The Morgan fingerprint density at radius 3 is 2.84 bits per heavy atom. The predicted octanol–water partition coefficient (Wildman–Crippen LogP) is 1.72. The summed E-state index contributed by atoms with van der Waals surface area (Å²) in [4.78, 5) is 2.67. The Hall–Kier alpha value is -0.870. The smallest absolute Gasteiger partial charge is 0.0596 e. The van der Waals surface area contributed by atoms with Gasteiger partial charge in [-0.25, -0.2) is 0 Å². The summed E-state index contributed by atoms with van der Waals surface area (Å²) in [6, 6.07) is 3.81. The van der Waals surface area contributed by atoms with Crippen LogP contribution in [0.4, 0.5) is 0 Å². The minimum absolute atomic E-state index is 0.723. The van der Waals surface area contributed by atoms with Gasteiger partial charge in [-0.05, 0) is 52.1 Å². The SMILES string of the molecule is Cc1cc(C)n(CCCNC2CCN(C3CC3)C2)n1. The summed E-state index contributed by atoms with van der Waals surface area (Å²) >= 11 is 0. The second-order valence-electron chi connectivity index (χ2n) is 6.17. The molecule has 0 amide bonds. The van der Waals surface area contributed by atoms with Gasteiger partial charge in [-0.15, -0.1) is 0 Å². The minimum Gasteiger partial charge on any atom is -0.313 e. The molecule has 4 heteroatoms. The van der Waals surface area contributed by atoms with E-state index in [1.165, 1.54) is 44.5 Å². The zero-order valence-corrected chi connectivity index (χ0v) is 12.2. The predicted molar refractivity (Wildman–Crippen MR) is 77.3 cm³/mol. The summed E-state index contributed by atoms with van der Waals surface area (Å²) in [6.07, 6.45) is 5.37. The highest BCUT2D eigenvalue weighted by molar-refractivity contribution is 5.06. The number of likely N-dealkylation sites (tertiary alicyclic amines) is 1. The summed E-state index contributed by atoms with van der Waals surface area (Å²) in [7, 11) is 0. The van der Waals surface area contributed by atoms with E-state index in [-0.39, 0.29) is 0 Å². The molecule has 0 bridgehead atoms. The number of hydrogen-bond donors (Lipinski definition) is 1. The maximum Gasteiger partial charge on any atom is 0.0596 e. The number of aryl methyl sites for hydroxylation is 3. The molecule has 106 valence electrons. The largest absolute Gasteiger partial charge is 0.313 e. The average Bonchev–Trinajstić information content (AvgIpc) is 3.04. The molecule has 0 spiro atoms. The Morgan fingerprint density at radius 1 is 1.32 bits per heavy atom. The van der Waals surface area contributed by atoms with E-state index in [1.54, 1.807) is 0 Å². The standard InChI is InChI=1S/C15H26N4/c1-12-10-13(2)19(17-12)8-3-7-16-14-6-9-18(11-14)15-4-5-15/h10,14-16H,3-9,11H2,1-2H3. The number of nitrogens with zero attached hydrogens (tertiary/aromatic N) is 3. The quantitative estimate of drug-likeness (QED) is 0.792. The highest BCUT2D eigenvalue weighted by Crippen LogP contribution is 2.29. The second-order valence-corrected chi connectivity index (χ2v) is 6.17. The van der Waals surface area contributed by atoms with Crippen molar-refractivity contribution in [2.24, 2.45) is 0 Å². The Kier molecular flexibility index (Phi) is 3.89. The molecule has 3 rings (SSSR count). The lowest BCUT2D eigenvalue weighted by Crippen LogP contribution is -2.34. The van der Waals surface area contributed by atoms with Crippen molar-refractivity contribution < 1.29 is 0 Å². The minimum atomic E-state index is 0.723. The summed E-state index contributed by atoms with van der Waals surface area (Å²) in [5.41, 5.74) is 2.40. The monoisotopic (exact) mass is 262 g/mol. The van der Waals surface area contributed by atoms with Gasteiger partial charge >= 0.3 is 0 Å². The molecular weight excluding hydrogens is 236 g/mol. The van der Waals surface area contributed by atoms with Crippen molar-refractivity contribution in [1.82, 2.24) is 20.0 Å². The molecule has 1 aliphatic carbocycles. The van der Waals surface area contributed by atoms with Crippen LogP contribution in [-0.4, -0.2) is 46.4 Å². The van der Waals surface area contributed by atoms with Crippen LogP contribution in [0.25, 0.3) is 0 Å². The van der Waals surface area contributed by atoms with Crippen LogP contribution in [0.3, 0.4) is 0 Å². The van der Waals surface area contributed by atoms with Crippen molar-refractivity contribution in [3.8, 4) is 0 Å². The molecule has 19 heavy (non-hydrogen) atoms. The molecule has 0 aromatic carbocycles. The van der Waals surface area contributed by atoms with Crippen LogP contribution >= 0.6 is 0 Å². The summed E-state index contributed by atoms with van der Waals surface area (Å²) in [6.45, 7) is 8.92. The van der Waals surface area contributed by atoms with Crippen LogP contribution in [-0.2, 0) is 6.54 Å². The van der Waals surface area contributed by atoms with Gasteiger partial charge in [0.2, 0.25) is 0 Å². The lowest BCUT2D eigenvalue weighted by atomic mass is 10.2. The molecule has 1 unspecified atom stereocenters. The van der Waals surface area contributed by atoms with Crippen molar-refractivity contribution in [2.45, 2.75) is 58.2 Å². The third kappa shape index (κ3) is 3.37. The highest BCUT2D eigenvalue weighted by Gasteiger charge is 2.33. The molecule has 4 nitrogen and oxygen atoms in total. The normalized spacial score (nSPS) is 24.2. The number of hydrogen-bond acceptors (Lipinski definition) is 3. The van der Waals surface area contributed by atoms with Crippen LogP contribution in [0.5, 0.6) is 0 Å². The van der Waals surface area contributed by atoms with E-state index >= 15 is 0 Å². The van der Waals surface area contributed by atoms with Gasteiger partial charge in [0.05, 0.1) is 5.69 Å². The lowest BCUT2D eigenvalue weighted by Gasteiger charge is -2.15. The molecule has 1 N–H and O–H groups in total. The molecular formula is C15H26N4. The van der Waals surface area contributed by atoms with E-state index in [2.05, 4.69) is 39.9 Å². The summed E-state index contributed by atoms with van der Waals surface area (Å²) in [5.74, 6) is 0. The molecule has 2 heterocycles. The molecule has 2 fully saturated rings. The average molecular weight is 262 g/mol. The van der Waals surface area contributed by atoms with E-state index in [1.807, 2.05) is 0 Å². The van der Waals surface area contributed by atoms with Gasteiger partial charge in [-0.1, -0.05) is 0 Å². The van der Waals surface area contributed by atoms with Crippen molar-refractivity contribution >= 4 is 0 Å². The van der Waals surface area contributed by atoms with Gasteiger partial charge in [0.25, 0.3) is 0 Å². The molecule has 1 saturated heterocycles. The highest BCUT2D eigenvalue weighted by atomic mass is 15.3. The second kappa shape index (κ2) is 5.63. The fourth-order valence-corrected chi connectivity index (χ4v) is 3.16. The van der Waals surface area contributed by atoms with E-state index in [0.29, 0.717) is 0 Å². The Labute approximate surface area is 116 Å². The maximum atomic E-state index is 4.50. The number of rotatable bonds is 6. The fourth-order valence-electron chi connectivity index (χ4n) is 3.16. The van der Waals surface area contributed by atoms with Gasteiger partial charge in [0.15, 0.2) is 0 Å². The summed E-state index contributed by atoms with van der Waals surface area (Å²) < 4.78 is 2.13. The van der Waals surface area contributed by atoms with Gasteiger partial charge < -0.3 is 5.32 Å². The van der Waals surface area contributed by atoms with Gasteiger partial charge in [-0.2, -0.15) is 5.10 Å². The van der Waals surface area contributed by atoms with Crippen LogP contribution in [0.15, 0.2) is 6.07 Å². The Balaban J connectivity index is 1.34. The Morgan fingerprint density at radius 2 is 2.16 bits per heavy atom. The first kappa shape index (κ1) is 13.1. The van der Waals surface area contributed by atoms with Crippen LogP contribution in [0.2, 0.25) is 0 Å². The Bertz CT molecular complexity index is 422.